The van der Waals surface area contributed by atoms with Crippen LogP contribution < -0.4 is 11.3 Å². The van der Waals surface area contributed by atoms with Gasteiger partial charge in [0, 0.05) is 25.0 Å². The van der Waals surface area contributed by atoms with Crippen LogP contribution >= 0.6 is 0 Å². The highest BCUT2D eigenvalue weighted by atomic mass is 32.2. The number of nitrogens with one attached hydrogen (secondary N) is 1. The maximum absolute atomic E-state index is 12.6. The van der Waals surface area contributed by atoms with Gasteiger partial charge < -0.3 is 5.43 Å². The molecule has 3 N–H and O–H groups in total. The van der Waals surface area contributed by atoms with Crippen LogP contribution in [-0.2, 0) is 19.9 Å². The summed E-state index contributed by atoms with van der Waals surface area (Å²) in [6.07, 6.45) is 2.61. The molecule has 1 fully saturated rings. The topological polar surface area (TPSA) is 122 Å². The van der Waals surface area contributed by atoms with Crippen molar-refractivity contribution in [1.29, 1.82) is 0 Å². The largest absolute Gasteiger partial charge is 0.323 e. The molecule has 1 aliphatic rings. The lowest BCUT2D eigenvalue weighted by Crippen LogP contribution is -2.49. The molecule has 1 aromatic heterocycles. The van der Waals surface area contributed by atoms with Gasteiger partial charge in [-0.15, -0.1) is 0 Å². The normalized spacial score (nSPS) is 23.4. The monoisotopic (exact) mass is 320 g/mol. The highest BCUT2D eigenvalue weighted by molar-refractivity contribution is 7.92. The zero-order chi connectivity index (χ0) is 15.0. The molecule has 10 heteroatoms. The highest BCUT2D eigenvalue weighted by Crippen LogP contribution is 2.26. The van der Waals surface area contributed by atoms with E-state index in [0.717, 1.165) is 0 Å². The number of nitrogens with zero attached hydrogens (tertiary/aromatic N) is 2. The molecule has 0 aromatic carbocycles. The number of hydrogen-bond acceptors (Lipinski definition) is 7. The van der Waals surface area contributed by atoms with Crippen LogP contribution in [-0.4, -0.2) is 50.2 Å². The standard InChI is InChI=1S/C10H16N4O4S2/c1-8-7-19(15,16)5-4-14(8)20(17,18)10-6-12-3-2-9(10)13-11/h2-3,6,8H,4-5,7,11H2,1H3,(H,12,13). The lowest BCUT2D eigenvalue weighted by Gasteiger charge is -2.32. The number of hydrazine groups is 1. The molecular weight excluding hydrogens is 304 g/mol. The molecule has 1 aromatic rings. The Kier molecular flexibility index (Phi) is 4.00. The van der Waals surface area contributed by atoms with Crippen molar-refractivity contribution < 1.29 is 16.8 Å². The Balaban J connectivity index is 2.41. The summed E-state index contributed by atoms with van der Waals surface area (Å²) in [6.45, 7) is 1.50. The van der Waals surface area contributed by atoms with E-state index in [9.17, 15) is 16.8 Å². The Morgan fingerprint density at radius 3 is 2.80 bits per heavy atom. The molecule has 20 heavy (non-hydrogen) atoms. The van der Waals surface area contributed by atoms with Gasteiger partial charge in [-0.05, 0) is 13.0 Å². The van der Waals surface area contributed by atoms with E-state index < -0.39 is 25.9 Å². The Hall–Kier alpha value is -1.23. The zero-order valence-electron chi connectivity index (χ0n) is 10.9. The van der Waals surface area contributed by atoms with Crippen LogP contribution in [0.2, 0.25) is 0 Å². The van der Waals surface area contributed by atoms with E-state index in [1.807, 2.05) is 0 Å². The minimum Gasteiger partial charge on any atom is -0.323 e. The molecule has 1 atom stereocenters. The fourth-order valence-corrected chi connectivity index (χ4v) is 5.67. The molecule has 0 spiro atoms. The van der Waals surface area contributed by atoms with Crippen molar-refractivity contribution in [2.75, 3.05) is 23.5 Å². The summed E-state index contributed by atoms with van der Waals surface area (Å²) in [7, 11) is -7.03. The Morgan fingerprint density at radius 2 is 2.20 bits per heavy atom. The molecule has 0 saturated carbocycles. The van der Waals surface area contributed by atoms with Crippen LogP contribution in [0.25, 0.3) is 0 Å². The molecule has 2 heterocycles. The third-order valence-electron chi connectivity index (χ3n) is 3.14. The average Bonchev–Trinajstić information content (AvgIpc) is 2.37. The van der Waals surface area contributed by atoms with E-state index in [-0.39, 0.29) is 28.6 Å². The van der Waals surface area contributed by atoms with Crippen molar-refractivity contribution in [2.24, 2.45) is 5.84 Å². The Morgan fingerprint density at radius 1 is 1.50 bits per heavy atom. The first-order chi connectivity index (χ1) is 9.28. The summed E-state index contributed by atoms with van der Waals surface area (Å²) >= 11 is 0. The summed E-state index contributed by atoms with van der Waals surface area (Å²) in [5, 5.41) is 0. The second kappa shape index (κ2) is 5.28. The number of pyridine rings is 1. The predicted molar refractivity (Wildman–Crippen MR) is 74.1 cm³/mol. The molecule has 0 amide bonds. The number of nitrogen functional groups attached to an aromatic ring is 1. The number of sulfone groups is 1. The number of nitrogens with two attached hydrogens (primary N) is 1. The van der Waals surface area contributed by atoms with Gasteiger partial charge in [-0.2, -0.15) is 4.31 Å². The van der Waals surface area contributed by atoms with Gasteiger partial charge in [0.1, 0.15) is 4.90 Å². The van der Waals surface area contributed by atoms with Crippen molar-refractivity contribution >= 4 is 25.5 Å². The number of sulfonamides is 1. The van der Waals surface area contributed by atoms with E-state index >= 15 is 0 Å². The van der Waals surface area contributed by atoms with E-state index in [1.54, 1.807) is 6.92 Å². The average molecular weight is 320 g/mol. The molecule has 1 aliphatic heterocycles. The summed E-state index contributed by atoms with van der Waals surface area (Å²) < 4.78 is 49.4. The van der Waals surface area contributed by atoms with Gasteiger partial charge in [-0.3, -0.25) is 10.8 Å². The van der Waals surface area contributed by atoms with Gasteiger partial charge in [0.25, 0.3) is 0 Å². The van der Waals surface area contributed by atoms with Crippen molar-refractivity contribution in [3.05, 3.63) is 18.5 Å². The smallest absolute Gasteiger partial charge is 0.247 e. The number of hydrogen-bond donors (Lipinski definition) is 2. The third kappa shape index (κ3) is 2.77. The second-order valence-electron chi connectivity index (χ2n) is 4.60. The highest BCUT2D eigenvalue weighted by Gasteiger charge is 2.37. The molecule has 8 nitrogen and oxygen atoms in total. The lowest BCUT2D eigenvalue weighted by molar-refractivity contribution is 0.357. The van der Waals surface area contributed by atoms with E-state index in [2.05, 4.69) is 10.4 Å². The first-order valence-electron chi connectivity index (χ1n) is 5.91. The lowest BCUT2D eigenvalue weighted by atomic mass is 10.4. The van der Waals surface area contributed by atoms with E-state index in [4.69, 9.17) is 5.84 Å². The van der Waals surface area contributed by atoms with Crippen LogP contribution in [0.4, 0.5) is 5.69 Å². The molecule has 0 aliphatic carbocycles. The van der Waals surface area contributed by atoms with Gasteiger partial charge in [0.2, 0.25) is 10.0 Å². The van der Waals surface area contributed by atoms with E-state index in [1.165, 1.54) is 22.8 Å². The minimum absolute atomic E-state index is 0.0614. The fourth-order valence-electron chi connectivity index (χ4n) is 2.17. The summed E-state index contributed by atoms with van der Waals surface area (Å²) in [6, 6.07) is 0.822. The first-order valence-corrected chi connectivity index (χ1v) is 9.17. The van der Waals surface area contributed by atoms with Crippen LogP contribution in [0.3, 0.4) is 0 Å². The van der Waals surface area contributed by atoms with Crippen LogP contribution in [0, 0.1) is 0 Å². The molecular formula is C10H16N4O4S2. The Bertz CT molecular complexity index is 702. The predicted octanol–water partition coefficient (Wildman–Crippen LogP) is -0.825. The van der Waals surface area contributed by atoms with Crippen molar-refractivity contribution in [2.45, 2.75) is 17.9 Å². The first kappa shape index (κ1) is 15.2. The third-order valence-corrected chi connectivity index (χ3v) is 6.97. The van der Waals surface area contributed by atoms with Gasteiger partial charge in [0.05, 0.1) is 17.2 Å². The van der Waals surface area contributed by atoms with Gasteiger partial charge in [-0.25, -0.2) is 16.8 Å². The van der Waals surface area contributed by atoms with Gasteiger partial charge >= 0.3 is 0 Å². The van der Waals surface area contributed by atoms with Crippen LogP contribution in [0.1, 0.15) is 6.92 Å². The van der Waals surface area contributed by atoms with E-state index in [0.29, 0.717) is 0 Å². The minimum atomic E-state index is -3.84. The summed E-state index contributed by atoms with van der Waals surface area (Å²) in [5.41, 5.74) is 2.53. The Labute approximate surface area is 117 Å². The van der Waals surface area contributed by atoms with Crippen LogP contribution in [0.15, 0.2) is 23.4 Å². The van der Waals surface area contributed by atoms with Gasteiger partial charge in [0.15, 0.2) is 9.84 Å². The summed E-state index contributed by atoms with van der Waals surface area (Å²) in [5.74, 6) is 4.94. The number of rotatable bonds is 3. The van der Waals surface area contributed by atoms with Gasteiger partial charge in [-0.1, -0.05) is 0 Å². The maximum atomic E-state index is 12.6. The SMILES string of the molecule is CC1CS(=O)(=O)CCN1S(=O)(=O)c1cnccc1NN. The molecule has 0 radical (unpaired) electrons. The number of anilines is 1. The second-order valence-corrected chi connectivity index (χ2v) is 8.68. The number of aromatic nitrogens is 1. The molecule has 2 rings (SSSR count). The molecule has 1 saturated heterocycles. The molecule has 0 bridgehead atoms. The maximum Gasteiger partial charge on any atom is 0.247 e. The molecule has 1 unspecified atom stereocenters. The quantitative estimate of drug-likeness (QED) is 0.550. The fraction of sp³-hybridized carbons (Fsp3) is 0.500. The van der Waals surface area contributed by atoms with Crippen LogP contribution in [0.5, 0.6) is 0 Å². The van der Waals surface area contributed by atoms with Crippen molar-refractivity contribution in [1.82, 2.24) is 9.29 Å². The van der Waals surface area contributed by atoms with Crippen molar-refractivity contribution in [3.63, 3.8) is 0 Å². The summed E-state index contributed by atoms with van der Waals surface area (Å²) in [4.78, 5) is 3.73. The molecule has 112 valence electrons. The zero-order valence-corrected chi connectivity index (χ0v) is 12.5. The van der Waals surface area contributed by atoms with Crippen molar-refractivity contribution in [3.8, 4) is 0 Å².